The predicted molar refractivity (Wildman–Crippen MR) is 128 cm³/mol. The molecular formula is C27H26F3N3O2. The van der Waals surface area contributed by atoms with Crippen LogP contribution in [-0.2, 0) is 17.5 Å². The molecule has 1 unspecified atom stereocenters. The van der Waals surface area contributed by atoms with Crippen LogP contribution in [-0.4, -0.2) is 29.8 Å². The van der Waals surface area contributed by atoms with Crippen molar-refractivity contribution in [2.24, 2.45) is 11.7 Å². The molecule has 8 heteroatoms. The molecule has 4 rings (SSSR count). The Morgan fingerprint density at radius 2 is 1.66 bits per heavy atom. The van der Waals surface area contributed by atoms with E-state index < -0.39 is 11.7 Å². The molecule has 5 nitrogen and oxygen atoms in total. The fraction of sp³-hybridized carbons (Fsp3) is 0.259. The number of nitrogens with two attached hydrogens (primary N) is 1. The number of hydrogen-bond acceptors (Lipinski definition) is 3. The molecule has 182 valence electrons. The number of amides is 2. The average molecular weight is 482 g/mol. The molecular weight excluding hydrogens is 455 g/mol. The lowest BCUT2D eigenvalue weighted by molar-refractivity contribution is -0.137. The minimum absolute atomic E-state index is 0.118. The van der Waals surface area contributed by atoms with Crippen molar-refractivity contribution in [3.63, 3.8) is 0 Å². The molecule has 0 aliphatic carbocycles. The van der Waals surface area contributed by atoms with Gasteiger partial charge in [0.15, 0.2) is 0 Å². The molecule has 3 aromatic rings. The molecule has 0 saturated carbocycles. The lowest BCUT2D eigenvalue weighted by Gasteiger charge is -2.31. The SMILES string of the molecule is NC(=O)C1CCCN(Cc2ccc(NC(=O)c3ccccc3-c3ccc(C(F)(F)F)cc3)cc2)C1. The number of primary amides is 1. The first-order valence-electron chi connectivity index (χ1n) is 11.4. The van der Waals surface area contributed by atoms with Gasteiger partial charge in [0.1, 0.15) is 0 Å². The predicted octanol–water partition coefficient (Wildman–Crippen LogP) is 5.32. The van der Waals surface area contributed by atoms with Crippen molar-refractivity contribution in [3.05, 3.63) is 89.5 Å². The molecule has 3 N–H and O–H groups in total. The third-order valence-corrected chi connectivity index (χ3v) is 6.22. The Morgan fingerprint density at radius 1 is 0.971 bits per heavy atom. The Balaban J connectivity index is 1.44. The highest BCUT2D eigenvalue weighted by Crippen LogP contribution is 2.32. The zero-order valence-corrected chi connectivity index (χ0v) is 19.0. The molecule has 1 saturated heterocycles. The van der Waals surface area contributed by atoms with Crippen LogP contribution in [0.2, 0.25) is 0 Å². The van der Waals surface area contributed by atoms with Crippen LogP contribution >= 0.6 is 0 Å². The largest absolute Gasteiger partial charge is 0.416 e. The van der Waals surface area contributed by atoms with Crippen molar-refractivity contribution in [2.45, 2.75) is 25.6 Å². The van der Waals surface area contributed by atoms with Gasteiger partial charge in [-0.25, -0.2) is 0 Å². The van der Waals surface area contributed by atoms with Gasteiger partial charge in [-0.2, -0.15) is 13.2 Å². The van der Waals surface area contributed by atoms with Crippen LogP contribution < -0.4 is 11.1 Å². The molecule has 0 spiro atoms. The highest BCUT2D eigenvalue weighted by atomic mass is 19.4. The monoisotopic (exact) mass is 481 g/mol. The van der Waals surface area contributed by atoms with E-state index in [0.29, 0.717) is 35.5 Å². The van der Waals surface area contributed by atoms with Gasteiger partial charge in [-0.3, -0.25) is 14.5 Å². The minimum Gasteiger partial charge on any atom is -0.369 e. The van der Waals surface area contributed by atoms with Crippen molar-refractivity contribution in [1.82, 2.24) is 4.90 Å². The highest BCUT2D eigenvalue weighted by molar-refractivity contribution is 6.08. The topological polar surface area (TPSA) is 75.4 Å². The number of nitrogens with zero attached hydrogens (tertiary/aromatic N) is 1. The summed E-state index contributed by atoms with van der Waals surface area (Å²) in [5, 5.41) is 2.86. The third-order valence-electron chi connectivity index (χ3n) is 6.22. The van der Waals surface area contributed by atoms with E-state index in [4.69, 9.17) is 5.73 Å². The average Bonchev–Trinajstić information content (AvgIpc) is 2.85. The van der Waals surface area contributed by atoms with Crippen molar-refractivity contribution >= 4 is 17.5 Å². The Kier molecular flexibility index (Phi) is 7.21. The van der Waals surface area contributed by atoms with Gasteiger partial charge in [0.2, 0.25) is 5.91 Å². The molecule has 2 amide bonds. The lowest BCUT2D eigenvalue weighted by atomic mass is 9.97. The number of alkyl halides is 3. The second-order valence-electron chi connectivity index (χ2n) is 8.75. The summed E-state index contributed by atoms with van der Waals surface area (Å²) >= 11 is 0. The number of hydrogen-bond donors (Lipinski definition) is 2. The van der Waals surface area contributed by atoms with Gasteiger partial charge in [0.05, 0.1) is 11.5 Å². The van der Waals surface area contributed by atoms with Crippen molar-refractivity contribution < 1.29 is 22.8 Å². The summed E-state index contributed by atoms with van der Waals surface area (Å²) in [6.07, 6.45) is -2.66. The summed E-state index contributed by atoms with van der Waals surface area (Å²) in [4.78, 5) is 26.7. The van der Waals surface area contributed by atoms with E-state index in [-0.39, 0.29) is 17.7 Å². The number of carbonyl (C=O) groups is 2. The van der Waals surface area contributed by atoms with Crippen LogP contribution in [0.1, 0.15) is 34.3 Å². The van der Waals surface area contributed by atoms with Gasteiger partial charge in [-0.1, -0.05) is 42.5 Å². The summed E-state index contributed by atoms with van der Waals surface area (Å²) in [5.41, 5.74) is 7.81. The van der Waals surface area contributed by atoms with E-state index >= 15 is 0 Å². The standard InChI is InChI=1S/C27H26F3N3O2/c28-27(29,30)21-11-9-19(10-12-21)23-5-1-2-6-24(23)26(35)32-22-13-7-18(8-14-22)16-33-15-3-4-20(17-33)25(31)34/h1-2,5-14,20H,3-4,15-17H2,(H2,31,34)(H,32,35). The molecule has 1 fully saturated rings. The van der Waals surface area contributed by atoms with Crippen LogP contribution in [0.25, 0.3) is 11.1 Å². The maximum atomic E-state index is 13.0. The molecule has 3 aromatic carbocycles. The molecule has 0 bridgehead atoms. The van der Waals surface area contributed by atoms with Crippen molar-refractivity contribution in [1.29, 1.82) is 0 Å². The Morgan fingerprint density at radius 3 is 2.31 bits per heavy atom. The number of carbonyl (C=O) groups excluding carboxylic acids is 2. The number of nitrogens with one attached hydrogen (secondary N) is 1. The van der Waals surface area contributed by atoms with Crippen LogP contribution in [0.5, 0.6) is 0 Å². The van der Waals surface area contributed by atoms with Crippen molar-refractivity contribution in [2.75, 3.05) is 18.4 Å². The first-order valence-corrected chi connectivity index (χ1v) is 11.4. The smallest absolute Gasteiger partial charge is 0.369 e. The number of likely N-dealkylation sites (tertiary alicyclic amines) is 1. The second-order valence-corrected chi connectivity index (χ2v) is 8.75. The second kappa shape index (κ2) is 10.3. The number of benzene rings is 3. The molecule has 1 aliphatic heterocycles. The fourth-order valence-corrected chi connectivity index (χ4v) is 4.35. The molecule has 0 aromatic heterocycles. The van der Waals surface area contributed by atoms with E-state index in [1.54, 1.807) is 24.3 Å². The quantitative estimate of drug-likeness (QED) is 0.500. The molecule has 35 heavy (non-hydrogen) atoms. The molecule has 0 radical (unpaired) electrons. The maximum Gasteiger partial charge on any atom is 0.416 e. The van der Waals surface area contributed by atoms with Crippen LogP contribution in [0.15, 0.2) is 72.8 Å². The molecule has 1 atom stereocenters. The van der Waals surface area contributed by atoms with Gasteiger partial charge in [-0.05, 0) is 66.4 Å². The van der Waals surface area contributed by atoms with Crippen molar-refractivity contribution in [3.8, 4) is 11.1 Å². The Hall–Kier alpha value is -3.65. The summed E-state index contributed by atoms with van der Waals surface area (Å²) in [7, 11) is 0. The third kappa shape index (κ3) is 6.08. The Labute approximate surface area is 201 Å². The van der Waals surface area contributed by atoms with Gasteiger partial charge >= 0.3 is 6.18 Å². The number of halogens is 3. The number of rotatable bonds is 6. The van der Waals surface area contributed by atoms with Gasteiger partial charge in [-0.15, -0.1) is 0 Å². The summed E-state index contributed by atoms with van der Waals surface area (Å²) < 4.78 is 38.7. The van der Waals surface area contributed by atoms with Gasteiger partial charge in [0.25, 0.3) is 5.91 Å². The lowest BCUT2D eigenvalue weighted by Crippen LogP contribution is -2.40. The van der Waals surface area contributed by atoms with Gasteiger partial charge < -0.3 is 11.1 Å². The summed E-state index contributed by atoms with van der Waals surface area (Å²) in [5.74, 6) is -0.732. The van der Waals surface area contributed by atoms with Crippen LogP contribution in [0.4, 0.5) is 18.9 Å². The number of anilines is 1. The van der Waals surface area contributed by atoms with E-state index in [1.165, 1.54) is 12.1 Å². The zero-order chi connectivity index (χ0) is 25.0. The fourth-order valence-electron chi connectivity index (χ4n) is 4.35. The highest BCUT2D eigenvalue weighted by Gasteiger charge is 2.30. The first-order chi connectivity index (χ1) is 16.7. The molecule has 1 aliphatic rings. The van der Waals surface area contributed by atoms with E-state index in [9.17, 15) is 22.8 Å². The van der Waals surface area contributed by atoms with E-state index in [0.717, 1.165) is 37.1 Å². The Bertz CT molecular complexity index is 1190. The van der Waals surface area contributed by atoms with Crippen LogP contribution in [0.3, 0.4) is 0 Å². The summed E-state index contributed by atoms with van der Waals surface area (Å²) in [6, 6.07) is 19.0. The zero-order valence-electron chi connectivity index (χ0n) is 19.0. The normalized spacial score (nSPS) is 16.6. The van der Waals surface area contributed by atoms with Crippen LogP contribution in [0, 0.1) is 5.92 Å². The van der Waals surface area contributed by atoms with E-state index in [1.807, 2.05) is 24.3 Å². The van der Waals surface area contributed by atoms with Gasteiger partial charge in [0, 0.05) is 24.3 Å². The van der Waals surface area contributed by atoms with E-state index in [2.05, 4.69) is 10.2 Å². The number of piperidine rings is 1. The first kappa shape index (κ1) is 24.5. The maximum absolute atomic E-state index is 13.0. The minimum atomic E-state index is -4.42. The summed E-state index contributed by atoms with van der Waals surface area (Å²) in [6.45, 7) is 2.24. The molecule has 1 heterocycles.